The van der Waals surface area contributed by atoms with E-state index >= 15 is 0 Å². The average Bonchev–Trinajstić information content (AvgIpc) is 2.59. The first-order valence-corrected chi connectivity index (χ1v) is 5.71. The molecular formula is C13H17FO3. The summed E-state index contributed by atoms with van der Waals surface area (Å²) in [6.45, 7) is 2.39. The Morgan fingerprint density at radius 2 is 2.35 bits per heavy atom. The summed E-state index contributed by atoms with van der Waals surface area (Å²) >= 11 is 0. The van der Waals surface area contributed by atoms with Crippen LogP contribution in [0.1, 0.15) is 18.9 Å². The number of halogens is 1. The van der Waals surface area contributed by atoms with Crippen molar-refractivity contribution in [2.45, 2.75) is 31.5 Å². The molecule has 3 nitrogen and oxygen atoms in total. The SMILES string of the molecule is COc1ccc(CC2(O)CCOC2C)cc1F. The Hall–Kier alpha value is -1.13. The highest BCUT2D eigenvalue weighted by Gasteiger charge is 2.39. The topological polar surface area (TPSA) is 38.7 Å². The maximum absolute atomic E-state index is 13.5. The van der Waals surface area contributed by atoms with Crippen molar-refractivity contribution in [1.29, 1.82) is 0 Å². The molecule has 0 radical (unpaired) electrons. The maximum atomic E-state index is 13.5. The Morgan fingerprint density at radius 1 is 1.59 bits per heavy atom. The predicted octanol–water partition coefficient (Wildman–Crippen LogP) is 1.92. The minimum atomic E-state index is -0.888. The van der Waals surface area contributed by atoms with Crippen molar-refractivity contribution in [3.63, 3.8) is 0 Å². The number of hydrogen-bond acceptors (Lipinski definition) is 3. The molecule has 4 heteroatoms. The molecule has 2 rings (SSSR count). The quantitative estimate of drug-likeness (QED) is 0.877. The molecule has 1 saturated heterocycles. The van der Waals surface area contributed by atoms with Gasteiger partial charge in [0.25, 0.3) is 0 Å². The van der Waals surface area contributed by atoms with Crippen LogP contribution in [-0.4, -0.2) is 30.5 Å². The third-order valence-electron chi connectivity index (χ3n) is 3.39. The summed E-state index contributed by atoms with van der Waals surface area (Å²) in [7, 11) is 1.43. The van der Waals surface area contributed by atoms with Crippen LogP contribution in [0.2, 0.25) is 0 Å². The number of hydrogen-bond donors (Lipinski definition) is 1. The Bertz CT molecular complexity index is 408. The molecule has 1 aromatic rings. The summed E-state index contributed by atoms with van der Waals surface area (Å²) in [5.74, 6) is -0.184. The van der Waals surface area contributed by atoms with E-state index in [9.17, 15) is 9.50 Å². The van der Waals surface area contributed by atoms with Crippen molar-refractivity contribution in [1.82, 2.24) is 0 Å². The lowest BCUT2D eigenvalue weighted by atomic mass is 9.89. The Labute approximate surface area is 100 Å². The molecule has 0 aliphatic carbocycles. The van der Waals surface area contributed by atoms with Gasteiger partial charge in [-0.15, -0.1) is 0 Å². The zero-order valence-corrected chi connectivity index (χ0v) is 10.1. The van der Waals surface area contributed by atoms with E-state index in [0.29, 0.717) is 19.4 Å². The van der Waals surface area contributed by atoms with E-state index in [-0.39, 0.29) is 11.9 Å². The highest BCUT2D eigenvalue weighted by Crippen LogP contribution is 2.30. The van der Waals surface area contributed by atoms with Gasteiger partial charge in [-0.05, 0) is 24.6 Å². The minimum absolute atomic E-state index is 0.215. The van der Waals surface area contributed by atoms with Gasteiger partial charge in [0.2, 0.25) is 0 Å². The number of ether oxygens (including phenoxy) is 2. The second-order valence-corrected chi connectivity index (χ2v) is 4.51. The summed E-state index contributed by atoms with van der Waals surface area (Å²) < 4.78 is 23.7. The van der Waals surface area contributed by atoms with Crippen molar-refractivity contribution in [3.8, 4) is 5.75 Å². The van der Waals surface area contributed by atoms with Crippen LogP contribution in [0.3, 0.4) is 0 Å². The minimum Gasteiger partial charge on any atom is -0.494 e. The largest absolute Gasteiger partial charge is 0.494 e. The number of rotatable bonds is 3. The Morgan fingerprint density at radius 3 is 2.88 bits per heavy atom. The molecule has 2 unspecified atom stereocenters. The summed E-state index contributed by atoms with van der Waals surface area (Å²) in [6.07, 6.45) is 0.768. The van der Waals surface area contributed by atoms with Crippen LogP contribution < -0.4 is 4.74 Å². The van der Waals surface area contributed by atoms with Gasteiger partial charge in [0.05, 0.1) is 18.8 Å². The molecule has 0 saturated carbocycles. The van der Waals surface area contributed by atoms with E-state index in [2.05, 4.69) is 0 Å². The monoisotopic (exact) mass is 240 g/mol. The van der Waals surface area contributed by atoms with Crippen molar-refractivity contribution in [2.24, 2.45) is 0 Å². The van der Waals surface area contributed by atoms with Gasteiger partial charge in [0, 0.05) is 19.4 Å². The lowest BCUT2D eigenvalue weighted by molar-refractivity contribution is -0.0269. The van der Waals surface area contributed by atoms with Crippen LogP contribution in [-0.2, 0) is 11.2 Å². The van der Waals surface area contributed by atoms with E-state index in [1.807, 2.05) is 6.92 Å². The number of methoxy groups -OCH3 is 1. The highest BCUT2D eigenvalue weighted by molar-refractivity contribution is 5.30. The standard InChI is InChI=1S/C13H17FO3/c1-9-13(15,5-6-17-9)8-10-3-4-12(16-2)11(14)7-10/h3-4,7,9,15H,5-6,8H2,1-2H3. The molecule has 1 fully saturated rings. The average molecular weight is 240 g/mol. The summed E-state index contributed by atoms with van der Waals surface area (Å²) in [6, 6.07) is 4.75. The maximum Gasteiger partial charge on any atom is 0.165 e. The number of aliphatic hydroxyl groups is 1. The fraction of sp³-hybridized carbons (Fsp3) is 0.538. The van der Waals surface area contributed by atoms with E-state index in [1.54, 1.807) is 12.1 Å². The Balaban J connectivity index is 2.16. The molecule has 0 amide bonds. The molecule has 0 bridgehead atoms. The highest BCUT2D eigenvalue weighted by atomic mass is 19.1. The van der Waals surface area contributed by atoms with Gasteiger partial charge in [0.15, 0.2) is 11.6 Å². The van der Waals surface area contributed by atoms with E-state index in [4.69, 9.17) is 9.47 Å². The molecule has 94 valence electrons. The zero-order valence-electron chi connectivity index (χ0n) is 10.1. The van der Waals surface area contributed by atoms with Crippen molar-refractivity contribution >= 4 is 0 Å². The molecule has 0 aromatic heterocycles. The fourth-order valence-electron chi connectivity index (χ4n) is 2.18. The van der Waals surface area contributed by atoms with Crippen molar-refractivity contribution in [3.05, 3.63) is 29.6 Å². The lowest BCUT2D eigenvalue weighted by Crippen LogP contribution is -2.38. The molecule has 1 aliphatic rings. The summed E-state index contributed by atoms with van der Waals surface area (Å²) in [5.41, 5.74) is -0.135. The second kappa shape index (κ2) is 4.63. The molecule has 1 aliphatic heterocycles. The van der Waals surface area contributed by atoms with Crippen LogP contribution >= 0.6 is 0 Å². The fourth-order valence-corrected chi connectivity index (χ4v) is 2.18. The molecule has 1 N–H and O–H groups in total. The van der Waals surface area contributed by atoms with Crippen LogP contribution in [0.4, 0.5) is 4.39 Å². The summed E-state index contributed by atoms with van der Waals surface area (Å²) in [5, 5.41) is 10.4. The molecule has 1 aromatic carbocycles. The van der Waals surface area contributed by atoms with Gasteiger partial charge in [-0.25, -0.2) is 4.39 Å². The van der Waals surface area contributed by atoms with Crippen molar-refractivity contribution in [2.75, 3.05) is 13.7 Å². The van der Waals surface area contributed by atoms with Gasteiger partial charge in [-0.3, -0.25) is 0 Å². The van der Waals surface area contributed by atoms with Crippen LogP contribution in [0.5, 0.6) is 5.75 Å². The number of benzene rings is 1. The third kappa shape index (κ3) is 2.42. The van der Waals surface area contributed by atoms with Gasteiger partial charge in [0.1, 0.15) is 0 Å². The van der Waals surface area contributed by atoms with Gasteiger partial charge < -0.3 is 14.6 Å². The first-order valence-electron chi connectivity index (χ1n) is 5.71. The second-order valence-electron chi connectivity index (χ2n) is 4.51. The Kier molecular flexibility index (Phi) is 3.35. The first kappa shape index (κ1) is 12.3. The van der Waals surface area contributed by atoms with Crippen LogP contribution in [0, 0.1) is 5.82 Å². The smallest absolute Gasteiger partial charge is 0.165 e. The molecule has 2 atom stereocenters. The normalized spacial score (nSPS) is 28.4. The van der Waals surface area contributed by atoms with Crippen LogP contribution in [0.25, 0.3) is 0 Å². The van der Waals surface area contributed by atoms with Crippen molar-refractivity contribution < 1.29 is 19.0 Å². The first-order chi connectivity index (χ1) is 8.05. The summed E-state index contributed by atoms with van der Waals surface area (Å²) in [4.78, 5) is 0. The van der Waals surface area contributed by atoms with Crippen LogP contribution in [0.15, 0.2) is 18.2 Å². The third-order valence-corrected chi connectivity index (χ3v) is 3.39. The van der Waals surface area contributed by atoms with E-state index in [1.165, 1.54) is 13.2 Å². The molecule has 17 heavy (non-hydrogen) atoms. The van der Waals surface area contributed by atoms with E-state index < -0.39 is 11.4 Å². The predicted molar refractivity (Wildman–Crippen MR) is 61.6 cm³/mol. The molecule has 0 spiro atoms. The van der Waals surface area contributed by atoms with Gasteiger partial charge in [-0.2, -0.15) is 0 Å². The lowest BCUT2D eigenvalue weighted by Gasteiger charge is -2.26. The molecular weight excluding hydrogens is 223 g/mol. The van der Waals surface area contributed by atoms with E-state index in [0.717, 1.165) is 5.56 Å². The van der Waals surface area contributed by atoms with Gasteiger partial charge in [-0.1, -0.05) is 6.07 Å². The zero-order chi connectivity index (χ0) is 12.5. The van der Waals surface area contributed by atoms with Gasteiger partial charge >= 0.3 is 0 Å². The molecule has 1 heterocycles.